The maximum atomic E-state index is 12.9. The molecule has 0 N–H and O–H groups in total. The highest BCUT2D eigenvalue weighted by molar-refractivity contribution is 5.70. The standard InChI is InChI=1S/C70H117NO8/c1-6-8-10-12-14-16-18-20-22-24-26-28-29-30-31-32-33-34-35-36-37-38-39-41-42-44-46-48-50-52-54-56-58-60-67(72)77-64-66(65-78-70(69(74)75)76-63-62-71(3,4)5)79-68(73)61-59-57-55-53-51-49-47-45-43-40-27-25-23-21-19-17-15-13-11-9-7-2/h8-11,14-17,20-23,26-28,40,45,47,51,53,66,70H,6-7,12-13,18-19,24-25,29-39,41-44,46,48-50,52,54-65H2,1-5H3/b10-8-,11-9-,16-14-,17-15-,22-20-,23-21-,28-26-,40-27-,47-45-,53-51-. The van der Waals surface area contributed by atoms with Crippen molar-refractivity contribution in [3.05, 3.63) is 122 Å². The third kappa shape index (κ3) is 61.2. The number of quaternary nitrogens is 1. The first-order valence-corrected chi connectivity index (χ1v) is 31.7. The molecule has 0 aromatic carbocycles. The van der Waals surface area contributed by atoms with Gasteiger partial charge in [-0.25, -0.2) is 0 Å². The molecule has 0 aromatic rings. The van der Waals surface area contributed by atoms with Crippen LogP contribution in [0.4, 0.5) is 0 Å². The average molecular weight is 1100 g/mol. The van der Waals surface area contributed by atoms with Crippen LogP contribution in [-0.4, -0.2) is 82.3 Å². The molecule has 2 atom stereocenters. The van der Waals surface area contributed by atoms with E-state index in [2.05, 4.69) is 135 Å². The number of carboxylic acid groups (broad SMARTS) is 1. The van der Waals surface area contributed by atoms with E-state index in [9.17, 15) is 19.5 Å². The predicted molar refractivity (Wildman–Crippen MR) is 333 cm³/mol. The zero-order valence-corrected chi connectivity index (χ0v) is 51.2. The molecule has 0 aliphatic heterocycles. The van der Waals surface area contributed by atoms with Crippen LogP contribution < -0.4 is 5.11 Å². The molecular weight excluding hydrogens is 983 g/mol. The highest BCUT2D eigenvalue weighted by atomic mass is 16.7. The van der Waals surface area contributed by atoms with Crippen molar-refractivity contribution in [3.63, 3.8) is 0 Å². The van der Waals surface area contributed by atoms with Crippen LogP contribution in [0.15, 0.2) is 122 Å². The fraction of sp³-hybridized carbons (Fsp3) is 0.671. The van der Waals surface area contributed by atoms with E-state index in [1.54, 1.807) is 0 Å². The Kier molecular flexibility index (Phi) is 56.5. The number of aliphatic carboxylic acids is 1. The normalized spacial score (nSPS) is 13.6. The Morgan fingerprint density at radius 2 is 0.684 bits per heavy atom. The van der Waals surface area contributed by atoms with Gasteiger partial charge >= 0.3 is 11.9 Å². The van der Waals surface area contributed by atoms with Gasteiger partial charge < -0.3 is 33.3 Å². The van der Waals surface area contributed by atoms with Gasteiger partial charge in [-0.3, -0.25) is 9.59 Å². The summed E-state index contributed by atoms with van der Waals surface area (Å²) in [6, 6.07) is 0. The van der Waals surface area contributed by atoms with Gasteiger partial charge in [-0.2, -0.15) is 0 Å². The number of allylic oxidation sites excluding steroid dienone is 20. The van der Waals surface area contributed by atoms with Gasteiger partial charge in [-0.1, -0.05) is 251 Å². The number of nitrogens with zero attached hydrogens (tertiary/aromatic N) is 1. The predicted octanol–water partition coefficient (Wildman–Crippen LogP) is 17.9. The van der Waals surface area contributed by atoms with Gasteiger partial charge in [-0.05, 0) is 103 Å². The molecule has 0 saturated carbocycles. The van der Waals surface area contributed by atoms with Gasteiger partial charge in [0, 0.05) is 12.8 Å². The van der Waals surface area contributed by atoms with Crippen LogP contribution >= 0.6 is 0 Å². The number of likely N-dealkylation sites (N-methyl/N-ethyl adjacent to an activating group) is 1. The highest BCUT2D eigenvalue weighted by Gasteiger charge is 2.22. The van der Waals surface area contributed by atoms with E-state index in [0.717, 1.165) is 96.3 Å². The summed E-state index contributed by atoms with van der Waals surface area (Å²) in [6.45, 7) is 4.47. The summed E-state index contributed by atoms with van der Waals surface area (Å²) in [5, 5.41) is 11.8. The Hall–Kier alpha value is -4.31. The summed E-state index contributed by atoms with van der Waals surface area (Å²) >= 11 is 0. The van der Waals surface area contributed by atoms with E-state index < -0.39 is 24.3 Å². The number of rotatable bonds is 57. The molecule has 0 heterocycles. The fourth-order valence-corrected chi connectivity index (χ4v) is 8.41. The van der Waals surface area contributed by atoms with Gasteiger partial charge in [0.2, 0.25) is 0 Å². The molecule has 0 aliphatic rings. The van der Waals surface area contributed by atoms with Crippen molar-refractivity contribution in [1.29, 1.82) is 0 Å². The smallest absolute Gasteiger partial charge is 0.306 e. The fourth-order valence-electron chi connectivity index (χ4n) is 8.41. The van der Waals surface area contributed by atoms with Crippen molar-refractivity contribution in [2.24, 2.45) is 0 Å². The highest BCUT2D eigenvalue weighted by Crippen LogP contribution is 2.16. The second-order valence-corrected chi connectivity index (χ2v) is 21.9. The second kappa shape index (κ2) is 59.8. The van der Waals surface area contributed by atoms with Gasteiger partial charge in [0.1, 0.15) is 13.2 Å². The van der Waals surface area contributed by atoms with Gasteiger partial charge in [0.05, 0.1) is 40.3 Å². The molecule has 0 spiro atoms. The van der Waals surface area contributed by atoms with Crippen molar-refractivity contribution in [2.75, 3.05) is 47.5 Å². The van der Waals surface area contributed by atoms with Crippen LogP contribution in [0.2, 0.25) is 0 Å². The second-order valence-electron chi connectivity index (χ2n) is 21.9. The van der Waals surface area contributed by atoms with E-state index in [1.165, 1.54) is 116 Å². The summed E-state index contributed by atoms with van der Waals surface area (Å²) < 4.78 is 22.7. The zero-order chi connectivity index (χ0) is 57.6. The number of hydrogen-bond donors (Lipinski definition) is 0. The molecule has 0 amide bonds. The molecule has 0 aliphatic carbocycles. The minimum Gasteiger partial charge on any atom is -0.545 e. The first-order chi connectivity index (χ1) is 38.6. The quantitative estimate of drug-likeness (QED) is 0.0195. The molecule has 79 heavy (non-hydrogen) atoms. The van der Waals surface area contributed by atoms with Gasteiger partial charge in [-0.15, -0.1) is 0 Å². The van der Waals surface area contributed by atoms with Crippen molar-refractivity contribution in [1.82, 2.24) is 0 Å². The molecule has 9 nitrogen and oxygen atoms in total. The largest absolute Gasteiger partial charge is 0.545 e. The van der Waals surface area contributed by atoms with Crippen LogP contribution in [0.5, 0.6) is 0 Å². The summed E-state index contributed by atoms with van der Waals surface area (Å²) in [4.78, 5) is 37.4. The third-order valence-electron chi connectivity index (χ3n) is 13.2. The number of carboxylic acids is 1. The van der Waals surface area contributed by atoms with Crippen LogP contribution in [0, 0.1) is 0 Å². The zero-order valence-electron chi connectivity index (χ0n) is 51.2. The minimum absolute atomic E-state index is 0.134. The maximum absolute atomic E-state index is 12.9. The van der Waals surface area contributed by atoms with E-state index in [0.29, 0.717) is 17.4 Å². The molecule has 0 aromatic heterocycles. The Morgan fingerprint density at radius 1 is 0.380 bits per heavy atom. The van der Waals surface area contributed by atoms with E-state index in [-0.39, 0.29) is 38.6 Å². The molecule has 450 valence electrons. The van der Waals surface area contributed by atoms with E-state index in [4.69, 9.17) is 18.9 Å². The first-order valence-electron chi connectivity index (χ1n) is 31.7. The molecule has 2 unspecified atom stereocenters. The summed E-state index contributed by atoms with van der Waals surface area (Å²) in [7, 11) is 5.90. The topological polar surface area (TPSA) is 111 Å². The number of ether oxygens (including phenoxy) is 4. The molecule has 0 fully saturated rings. The Bertz CT molecular complexity index is 1710. The van der Waals surface area contributed by atoms with Crippen LogP contribution in [0.25, 0.3) is 0 Å². The maximum Gasteiger partial charge on any atom is 0.306 e. The van der Waals surface area contributed by atoms with Crippen molar-refractivity contribution < 1.29 is 42.9 Å². The summed E-state index contributed by atoms with van der Waals surface area (Å²) in [5.74, 6) is -2.35. The first kappa shape index (κ1) is 74.7. The van der Waals surface area contributed by atoms with E-state index in [1.807, 2.05) is 21.1 Å². The molecular formula is C70H117NO8. The molecule has 0 rings (SSSR count). The monoisotopic (exact) mass is 1100 g/mol. The SMILES string of the molecule is CC/C=C\C/C=C\C/C=C\C/C=C\C/C=C\C/C=C\CCCCC(=O)OC(COC(=O)CCCCCCCCCCCCCCCCCCCCCC/C=C\C/C=C\C/C=C\C/C=C\CC)COC(OCC[N+](C)(C)C)C(=O)[O-]. The number of carbonyl (C=O) groups excluding carboxylic acids is 3. The lowest BCUT2D eigenvalue weighted by molar-refractivity contribution is -0.870. The van der Waals surface area contributed by atoms with Gasteiger partial charge in [0.25, 0.3) is 0 Å². The number of unbranched alkanes of at least 4 members (excludes halogenated alkanes) is 22. The number of esters is 2. The minimum atomic E-state index is -1.64. The molecule has 0 saturated heterocycles. The Labute approximate surface area is 485 Å². The third-order valence-corrected chi connectivity index (χ3v) is 13.2. The number of hydrogen-bond acceptors (Lipinski definition) is 8. The van der Waals surface area contributed by atoms with Crippen molar-refractivity contribution in [3.8, 4) is 0 Å². The molecule has 0 bridgehead atoms. The number of carbonyl (C=O) groups is 3. The van der Waals surface area contributed by atoms with Crippen molar-refractivity contribution in [2.45, 2.75) is 257 Å². The molecule has 0 radical (unpaired) electrons. The summed E-state index contributed by atoms with van der Waals surface area (Å²) in [6.07, 6.45) is 81.3. The lowest BCUT2D eigenvalue weighted by Crippen LogP contribution is -2.44. The lowest BCUT2D eigenvalue weighted by Gasteiger charge is -2.26. The van der Waals surface area contributed by atoms with E-state index >= 15 is 0 Å². The summed E-state index contributed by atoms with van der Waals surface area (Å²) in [5.41, 5.74) is 0. The van der Waals surface area contributed by atoms with Crippen LogP contribution in [-0.2, 0) is 33.3 Å². The Morgan fingerprint density at radius 3 is 1.04 bits per heavy atom. The average Bonchev–Trinajstić information content (AvgIpc) is 3.42. The van der Waals surface area contributed by atoms with Crippen LogP contribution in [0.1, 0.15) is 245 Å². The van der Waals surface area contributed by atoms with Crippen molar-refractivity contribution >= 4 is 17.9 Å². The Balaban J connectivity index is 4.17. The lowest BCUT2D eigenvalue weighted by atomic mass is 10.0. The van der Waals surface area contributed by atoms with Crippen LogP contribution in [0.3, 0.4) is 0 Å². The molecule has 9 heteroatoms. The van der Waals surface area contributed by atoms with Gasteiger partial charge in [0.15, 0.2) is 12.4 Å².